The molecule has 0 spiro atoms. The molecule has 0 saturated carbocycles. The maximum Gasteiger partial charge on any atom is 0.339 e. The van der Waals surface area contributed by atoms with Gasteiger partial charge in [-0.2, -0.15) is 5.10 Å². The van der Waals surface area contributed by atoms with Crippen molar-refractivity contribution in [2.24, 2.45) is 5.10 Å². The predicted molar refractivity (Wildman–Crippen MR) is 91.9 cm³/mol. The summed E-state index contributed by atoms with van der Waals surface area (Å²) in [5, 5.41) is 7.04. The summed E-state index contributed by atoms with van der Waals surface area (Å²) in [5.74, 6) is 1.19. The molecule has 0 bridgehead atoms. The standard InChI is InChI=1S/C14H14BrClN4O2/c1-20(2)13-12(15)7-11(22-13)8-17-19-14(21)18-10-5-3-9(16)4-6-10/h3-8H,1-2H3,(H2,18,19,21)/b17-8+. The molecule has 0 unspecified atom stereocenters. The van der Waals surface area contributed by atoms with Crippen LogP contribution in [0.2, 0.25) is 5.02 Å². The number of hydrogen-bond donors (Lipinski definition) is 2. The van der Waals surface area contributed by atoms with E-state index in [0.29, 0.717) is 22.4 Å². The van der Waals surface area contributed by atoms with Gasteiger partial charge in [0.1, 0.15) is 0 Å². The summed E-state index contributed by atoms with van der Waals surface area (Å²) in [6, 6.07) is 8.05. The van der Waals surface area contributed by atoms with Gasteiger partial charge >= 0.3 is 6.03 Å². The molecule has 0 fully saturated rings. The van der Waals surface area contributed by atoms with Gasteiger partial charge in [-0.25, -0.2) is 10.2 Å². The van der Waals surface area contributed by atoms with Crippen LogP contribution < -0.4 is 15.6 Å². The van der Waals surface area contributed by atoms with Crippen LogP contribution in [-0.4, -0.2) is 26.3 Å². The Labute approximate surface area is 141 Å². The van der Waals surface area contributed by atoms with Crippen LogP contribution in [0, 0.1) is 0 Å². The fourth-order valence-electron chi connectivity index (χ4n) is 1.59. The molecule has 2 aromatic rings. The van der Waals surface area contributed by atoms with E-state index < -0.39 is 6.03 Å². The zero-order valence-electron chi connectivity index (χ0n) is 11.9. The lowest BCUT2D eigenvalue weighted by Gasteiger charge is -2.07. The number of benzene rings is 1. The first-order chi connectivity index (χ1) is 10.5. The molecule has 1 aromatic carbocycles. The van der Waals surface area contributed by atoms with Crippen molar-refractivity contribution in [3.8, 4) is 0 Å². The Morgan fingerprint density at radius 2 is 2.05 bits per heavy atom. The molecule has 6 nitrogen and oxygen atoms in total. The molecule has 2 rings (SSSR count). The SMILES string of the molecule is CN(C)c1oc(/C=N/NC(=O)Nc2ccc(Cl)cc2)cc1Br. The molecular weight excluding hydrogens is 372 g/mol. The molecule has 0 aliphatic carbocycles. The lowest BCUT2D eigenvalue weighted by molar-refractivity contribution is 0.252. The van der Waals surface area contributed by atoms with Crippen molar-refractivity contribution in [2.75, 3.05) is 24.3 Å². The molecule has 0 radical (unpaired) electrons. The van der Waals surface area contributed by atoms with Crippen LogP contribution in [-0.2, 0) is 0 Å². The van der Waals surface area contributed by atoms with E-state index in [1.54, 1.807) is 30.3 Å². The number of furan rings is 1. The number of halogens is 2. The van der Waals surface area contributed by atoms with Crippen LogP contribution in [0.5, 0.6) is 0 Å². The van der Waals surface area contributed by atoms with Crippen molar-refractivity contribution >= 4 is 51.3 Å². The van der Waals surface area contributed by atoms with Gasteiger partial charge in [0.05, 0.1) is 10.7 Å². The van der Waals surface area contributed by atoms with Crippen molar-refractivity contribution in [3.05, 3.63) is 45.6 Å². The number of anilines is 2. The van der Waals surface area contributed by atoms with Gasteiger partial charge in [-0.15, -0.1) is 0 Å². The third kappa shape index (κ3) is 4.51. The summed E-state index contributed by atoms with van der Waals surface area (Å²) < 4.78 is 6.34. The van der Waals surface area contributed by atoms with Gasteiger partial charge in [-0.3, -0.25) is 0 Å². The molecular formula is C14H14BrClN4O2. The van der Waals surface area contributed by atoms with Crippen LogP contribution in [0.3, 0.4) is 0 Å². The average molecular weight is 386 g/mol. The molecule has 0 atom stereocenters. The van der Waals surface area contributed by atoms with Gasteiger partial charge in [0.25, 0.3) is 0 Å². The van der Waals surface area contributed by atoms with Crippen molar-refractivity contribution in [1.82, 2.24) is 5.43 Å². The third-order valence-electron chi connectivity index (χ3n) is 2.55. The van der Waals surface area contributed by atoms with E-state index in [4.69, 9.17) is 16.0 Å². The van der Waals surface area contributed by atoms with Crippen LogP contribution in [0.4, 0.5) is 16.4 Å². The first-order valence-corrected chi connectivity index (χ1v) is 7.45. The third-order valence-corrected chi connectivity index (χ3v) is 3.37. The Morgan fingerprint density at radius 1 is 1.36 bits per heavy atom. The average Bonchev–Trinajstić information content (AvgIpc) is 2.83. The maximum absolute atomic E-state index is 11.7. The topological polar surface area (TPSA) is 69.9 Å². The monoisotopic (exact) mass is 384 g/mol. The van der Waals surface area contributed by atoms with E-state index in [1.807, 2.05) is 19.0 Å². The summed E-state index contributed by atoms with van der Waals surface area (Å²) in [6.07, 6.45) is 1.42. The van der Waals surface area contributed by atoms with Crippen molar-refractivity contribution in [2.45, 2.75) is 0 Å². The second-order valence-electron chi connectivity index (χ2n) is 4.53. The maximum atomic E-state index is 11.7. The summed E-state index contributed by atoms with van der Waals surface area (Å²) in [4.78, 5) is 13.5. The van der Waals surface area contributed by atoms with Gasteiger partial charge < -0.3 is 14.6 Å². The number of nitrogens with zero attached hydrogens (tertiary/aromatic N) is 2. The highest BCUT2D eigenvalue weighted by Crippen LogP contribution is 2.27. The van der Waals surface area contributed by atoms with Gasteiger partial charge in [-0.05, 0) is 40.2 Å². The van der Waals surface area contributed by atoms with Crippen molar-refractivity contribution in [1.29, 1.82) is 0 Å². The van der Waals surface area contributed by atoms with Crippen molar-refractivity contribution < 1.29 is 9.21 Å². The summed E-state index contributed by atoms with van der Waals surface area (Å²) in [6.45, 7) is 0. The minimum absolute atomic E-state index is 0.461. The number of carbonyl (C=O) groups is 1. The van der Waals surface area contributed by atoms with E-state index in [9.17, 15) is 4.79 Å². The molecule has 1 aromatic heterocycles. The highest BCUT2D eigenvalue weighted by atomic mass is 79.9. The predicted octanol–water partition coefficient (Wildman–Crippen LogP) is 3.92. The number of amides is 2. The van der Waals surface area contributed by atoms with Crippen molar-refractivity contribution in [3.63, 3.8) is 0 Å². The summed E-state index contributed by atoms with van der Waals surface area (Å²) in [5.41, 5.74) is 2.97. The molecule has 0 aliphatic heterocycles. The highest BCUT2D eigenvalue weighted by molar-refractivity contribution is 9.10. The van der Waals surface area contributed by atoms with Crippen LogP contribution in [0.1, 0.15) is 5.76 Å². The quantitative estimate of drug-likeness (QED) is 0.619. The number of nitrogens with one attached hydrogen (secondary N) is 2. The molecule has 1 heterocycles. The van der Waals surface area contributed by atoms with Crippen LogP contribution in [0.25, 0.3) is 0 Å². The van der Waals surface area contributed by atoms with E-state index >= 15 is 0 Å². The fourth-order valence-corrected chi connectivity index (χ4v) is 2.38. The summed E-state index contributed by atoms with van der Waals surface area (Å²) in [7, 11) is 3.73. The first kappa shape index (κ1) is 16.4. The molecule has 116 valence electrons. The second-order valence-corrected chi connectivity index (χ2v) is 5.82. The lowest BCUT2D eigenvalue weighted by atomic mass is 10.3. The summed E-state index contributed by atoms with van der Waals surface area (Å²) >= 11 is 9.15. The Balaban J connectivity index is 1.90. The van der Waals surface area contributed by atoms with Gasteiger partial charge in [-0.1, -0.05) is 11.6 Å². The van der Waals surface area contributed by atoms with E-state index in [1.165, 1.54) is 6.21 Å². The number of rotatable bonds is 4. The Morgan fingerprint density at radius 3 is 2.64 bits per heavy atom. The molecule has 22 heavy (non-hydrogen) atoms. The zero-order chi connectivity index (χ0) is 16.1. The first-order valence-electron chi connectivity index (χ1n) is 6.28. The Bertz CT molecular complexity index is 683. The largest absolute Gasteiger partial charge is 0.438 e. The molecule has 0 saturated heterocycles. The Hall–Kier alpha value is -1.99. The minimum Gasteiger partial charge on any atom is -0.438 e. The zero-order valence-corrected chi connectivity index (χ0v) is 14.3. The van der Waals surface area contributed by atoms with Crippen LogP contribution in [0.15, 0.2) is 44.3 Å². The molecule has 0 aliphatic rings. The molecule has 2 N–H and O–H groups in total. The minimum atomic E-state index is -0.461. The lowest BCUT2D eigenvalue weighted by Crippen LogP contribution is -2.24. The van der Waals surface area contributed by atoms with Gasteiger partial charge in [0.2, 0.25) is 5.88 Å². The van der Waals surface area contributed by atoms with E-state index in [0.717, 1.165) is 4.47 Å². The number of hydrogen-bond acceptors (Lipinski definition) is 4. The highest BCUT2D eigenvalue weighted by Gasteiger charge is 2.09. The van der Waals surface area contributed by atoms with E-state index in [-0.39, 0.29) is 0 Å². The normalized spacial score (nSPS) is 10.7. The number of hydrazone groups is 1. The Kier molecular flexibility index (Phi) is 5.46. The van der Waals surface area contributed by atoms with Crippen LogP contribution >= 0.6 is 27.5 Å². The number of urea groups is 1. The van der Waals surface area contributed by atoms with Gasteiger partial charge in [0, 0.05) is 30.9 Å². The molecule has 8 heteroatoms. The molecule has 2 amide bonds. The second kappa shape index (κ2) is 7.33. The fraction of sp³-hybridized carbons (Fsp3) is 0.143. The smallest absolute Gasteiger partial charge is 0.339 e. The number of carbonyl (C=O) groups excluding carboxylic acids is 1. The van der Waals surface area contributed by atoms with Gasteiger partial charge in [0.15, 0.2) is 5.76 Å². The van der Waals surface area contributed by atoms with E-state index in [2.05, 4.69) is 31.8 Å².